The number of aryl methyl sites for hydroxylation is 1. The number of halogens is 1. The van der Waals surface area contributed by atoms with E-state index in [2.05, 4.69) is 58.9 Å². The summed E-state index contributed by atoms with van der Waals surface area (Å²) in [5.74, 6) is 0. The number of aromatic nitrogens is 2. The van der Waals surface area contributed by atoms with Gasteiger partial charge in [0, 0.05) is 27.9 Å². The average Bonchev–Trinajstić information content (AvgIpc) is 2.63. The summed E-state index contributed by atoms with van der Waals surface area (Å²) in [4.78, 5) is 0. The zero-order valence-electron chi connectivity index (χ0n) is 10.0. The lowest BCUT2D eigenvalue weighted by Crippen LogP contribution is -2.14. The van der Waals surface area contributed by atoms with Gasteiger partial charge in [0.2, 0.25) is 0 Å². The molecule has 0 saturated heterocycles. The topological polar surface area (TPSA) is 43.8 Å². The molecule has 2 N–H and O–H groups in total. The van der Waals surface area contributed by atoms with Crippen molar-refractivity contribution in [2.75, 3.05) is 0 Å². The van der Waals surface area contributed by atoms with E-state index in [1.807, 2.05) is 17.9 Å². The van der Waals surface area contributed by atoms with Crippen molar-refractivity contribution in [2.24, 2.45) is 12.8 Å². The highest BCUT2D eigenvalue weighted by Crippen LogP contribution is 2.19. The molecule has 1 aromatic carbocycles. The molecule has 0 fully saturated rings. The van der Waals surface area contributed by atoms with Crippen LogP contribution >= 0.6 is 22.6 Å². The smallest absolute Gasteiger partial charge is 0.0540 e. The van der Waals surface area contributed by atoms with Crippen LogP contribution in [-0.4, -0.2) is 9.78 Å². The van der Waals surface area contributed by atoms with E-state index in [4.69, 9.17) is 5.73 Å². The molecule has 17 heavy (non-hydrogen) atoms. The van der Waals surface area contributed by atoms with Gasteiger partial charge < -0.3 is 5.73 Å². The Labute approximate surface area is 115 Å². The lowest BCUT2D eigenvalue weighted by Gasteiger charge is -2.11. The molecule has 2 aromatic rings. The van der Waals surface area contributed by atoms with Gasteiger partial charge in [0.25, 0.3) is 0 Å². The third-order valence-electron chi connectivity index (χ3n) is 3.04. The first-order chi connectivity index (χ1) is 8.08. The second-order valence-corrected chi connectivity index (χ2v) is 5.49. The van der Waals surface area contributed by atoms with Crippen molar-refractivity contribution in [1.82, 2.24) is 9.78 Å². The molecule has 90 valence electrons. The molecule has 1 unspecified atom stereocenters. The van der Waals surface area contributed by atoms with E-state index in [0.717, 1.165) is 17.7 Å². The fraction of sp³-hybridized carbons (Fsp3) is 0.308. The maximum Gasteiger partial charge on any atom is 0.0540 e. The summed E-state index contributed by atoms with van der Waals surface area (Å²) >= 11 is 2.31. The summed E-state index contributed by atoms with van der Waals surface area (Å²) in [7, 11) is 1.94. The molecule has 3 nitrogen and oxygen atoms in total. The van der Waals surface area contributed by atoms with Crippen molar-refractivity contribution in [3.05, 3.63) is 50.9 Å². The van der Waals surface area contributed by atoms with Crippen LogP contribution in [0.4, 0.5) is 0 Å². The third-order valence-corrected chi connectivity index (χ3v) is 3.76. The first kappa shape index (κ1) is 12.6. The van der Waals surface area contributed by atoms with E-state index >= 15 is 0 Å². The summed E-state index contributed by atoms with van der Waals surface area (Å²) in [6, 6.07) is 8.50. The Hall–Kier alpha value is -0.880. The summed E-state index contributed by atoms with van der Waals surface area (Å²) in [5, 5.41) is 4.23. The van der Waals surface area contributed by atoms with Crippen molar-refractivity contribution in [2.45, 2.75) is 19.4 Å². The molecular weight excluding hydrogens is 325 g/mol. The summed E-state index contributed by atoms with van der Waals surface area (Å²) in [6.07, 6.45) is 2.72. The third kappa shape index (κ3) is 2.87. The predicted molar refractivity (Wildman–Crippen MR) is 77.7 cm³/mol. The number of hydrogen-bond acceptors (Lipinski definition) is 2. The molecule has 0 saturated carbocycles. The number of hydrogen-bond donors (Lipinski definition) is 1. The van der Waals surface area contributed by atoms with E-state index in [1.54, 1.807) is 0 Å². The highest BCUT2D eigenvalue weighted by molar-refractivity contribution is 14.1. The van der Waals surface area contributed by atoms with Gasteiger partial charge >= 0.3 is 0 Å². The zero-order valence-corrected chi connectivity index (χ0v) is 12.2. The van der Waals surface area contributed by atoms with Crippen molar-refractivity contribution < 1.29 is 0 Å². The zero-order chi connectivity index (χ0) is 12.4. The van der Waals surface area contributed by atoms with Crippen LogP contribution in [0.1, 0.15) is 22.9 Å². The minimum absolute atomic E-state index is 0.0174. The van der Waals surface area contributed by atoms with Crippen LogP contribution in [0.5, 0.6) is 0 Å². The van der Waals surface area contributed by atoms with Gasteiger partial charge in [-0.25, -0.2) is 0 Å². The van der Waals surface area contributed by atoms with Crippen LogP contribution in [0.25, 0.3) is 0 Å². The lowest BCUT2D eigenvalue weighted by molar-refractivity contribution is 0.700. The highest BCUT2D eigenvalue weighted by atomic mass is 127. The Morgan fingerprint density at radius 3 is 2.53 bits per heavy atom. The van der Waals surface area contributed by atoms with Crippen molar-refractivity contribution >= 4 is 22.6 Å². The molecule has 4 heteroatoms. The highest BCUT2D eigenvalue weighted by Gasteiger charge is 2.12. The molecule has 0 radical (unpaired) electrons. The molecule has 1 aromatic heterocycles. The minimum Gasteiger partial charge on any atom is -0.324 e. The van der Waals surface area contributed by atoms with Crippen LogP contribution in [0.3, 0.4) is 0 Å². The van der Waals surface area contributed by atoms with Crippen LogP contribution in [0.2, 0.25) is 0 Å². The van der Waals surface area contributed by atoms with Gasteiger partial charge in [0.1, 0.15) is 0 Å². The standard InChI is InChI=1S/C13H16IN3/c1-9-12(8-16-17(9)2)13(15)7-10-3-5-11(14)6-4-10/h3-6,8,13H,7,15H2,1-2H3. The molecule has 0 aliphatic rings. The Morgan fingerprint density at radius 2 is 2.00 bits per heavy atom. The first-order valence-electron chi connectivity index (χ1n) is 5.56. The van der Waals surface area contributed by atoms with Crippen LogP contribution < -0.4 is 5.73 Å². The number of nitrogens with zero attached hydrogens (tertiary/aromatic N) is 2. The second-order valence-electron chi connectivity index (χ2n) is 4.25. The van der Waals surface area contributed by atoms with E-state index in [-0.39, 0.29) is 6.04 Å². The fourth-order valence-corrected chi connectivity index (χ4v) is 2.22. The van der Waals surface area contributed by atoms with E-state index in [0.29, 0.717) is 0 Å². The van der Waals surface area contributed by atoms with Gasteiger partial charge in [-0.1, -0.05) is 12.1 Å². The minimum atomic E-state index is 0.0174. The van der Waals surface area contributed by atoms with Gasteiger partial charge in [-0.15, -0.1) is 0 Å². The summed E-state index contributed by atoms with van der Waals surface area (Å²) in [5.41, 5.74) is 9.76. The van der Waals surface area contributed by atoms with Gasteiger partial charge in [-0.3, -0.25) is 4.68 Å². The van der Waals surface area contributed by atoms with E-state index < -0.39 is 0 Å². The van der Waals surface area contributed by atoms with Crippen LogP contribution in [0, 0.1) is 10.5 Å². The van der Waals surface area contributed by atoms with Crippen molar-refractivity contribution in [1.29, 1.82) is 0 Å². The normalized spacial score (nSPS) is 12.7. The second kappa shape index (κ2) is 5.18. The molecule has 0 aliphatic heterocycles. The van der Waals surface area contributed by atoms with Crippen LogP contribution in [-0.2, 0) is 13.5 Å². The molecule has 2 rings (SSSR count). The number of nitrogens with two attached hydrogens (primary N) is 1. The summed E-state index contributed by atoms with van der Waals surface area (Å²) < 4.78 is 3.11. The predicted octanol–water partition coefficient (Wildman–Crippen LogP) is 2.58. The fourth-order valence-electron chi connectivity index (χ4n) is 1.86. The largest absolute Gasteiger partial charge is 0.324 e. The SMILES string of the molecule is Cc1c(C(N)Cc2ccc(I)cc2)cnn1C. The maximum absolute atomic E-state index is 6.22. The molecular formula is C13H16IN3. The Bertz CT molecular complexity index is 502. The number of benzene rings is 1. The first-order valence-corrected chi connectivity index (χ1v) is 6.64. The molecule has 0 bridgehead atoms. The monoisotopic (exact) mass is 341 g/mol. The Kier molecular flexibility index (Phi) is 3.83. The van der Waals surface area contributed by atoms with E-state index in [1.165, 1.54) is 9.13 Å². The van der Waals surface area contributed by atoms with Crippen molar-refractivity contribution in [3.8, 4) is 0 Å². The summed E-state index contributed by atoms with van der Waals surface area (Å²) in [6.45, 7) is 2.05. The van der Waals surface area contributed by atoms with E-state index in [9.17, 15) is 0 Å². The van der Waals surface area contributed by atoms with Gasteiger partial charge in [-0.05, 0) is 53.6 Å². The molecule has 0 amide bonds. The van der Waals surface area contributed by atoms with Gasteiger partial charge in [-0.2, -0.15) is 5.10 Å². The maximum atomic E-state index is 6.22. The Balaban J connectivity index is 2.14. The average molecular weight is 341 g/mol. The quantitative estimate of drug-likeness (QED) is 0.872. The molecule has 0 spiro atoms. The van der Waals surface area contributed by atoms with Gasteiger partial charge in [0.05, 0.1) is 6.20 Å². The lowest BCUT2D eigenvalue weighted by atomic mass is 10.0. The number of rotatable bonds is 3. The molecule has 1 heterocycles. The van der Waals surface area contributed by atoms with Gasteiger partial charge in [0.15, 0.2) is 0 Å². The molecule has 1 atom stereocenters. The Morgan fingerprint density at radius 1 is 1.35 bits per heavy atom. The van der Waals surface area contributed by atoms with Crippen LogP contribution in [0.15, 0.2) is 30.5 Å². The van der Waals surface area contributed by atoms with Crippen molar-refractivity contribution in [3.63, 3.8) is 0 Å². The molecule has 0 aliphatic carbocycles.